The average molecular weight is 423 g/mol. The smallest absolute Gasteiger partial charge is 0.250 e. The number of halogens is 1. The van der Waals surface area contributed by atoms with E-state index in [1.807, 2.05) is 36.4 Å². The Hall–Kier alpha value is -1.99. The summed E-state index contributed by atoms with van der Waals surface area (Å²) in [5, 5.41) is 3.98. The van der Waals surface area contributed by atoms with Crippen molar-refractivity contribution < 1.29 is 14.3 Å². The van der Waals surface area contributed by atoms with Crippen molar-refractivity contribution in [2.45, 2.75) is 5.75 Å². The number of nitrogens with zero attached hydrogens (tertiary/aromatic N) is 1. The highest BCUT2D eigenvalue weighted by Gasteiger charge is 2.09. The molecule has 2 aromatic carbocycles. The van der Waals surface area contributed by atoms with E-state index in [0.29, 0.717) is 17.3 Å². The van der Waals surface area contributed by atoms with Gasteiger partial charge in [0.1, 0.15) is 0 Å². The minimum Gasteiger partial charge on any atom is -0.493 e. The summed E-state index contributed by atoms with van der Waals surface area (Å²) in [6.07, 6.45) is 1.56. The van der Waals surface area contributed by atoms with E-state index in [0.717, 1.165) is 15.8 Å². The topological polar surface area (TPSA) is 59.9 Å². The van der Waals surface area contributed by atoms with Crippen molar-refractivity contribution in [1.29, 1.82) is 0 Å². The summed E-state index contributed by atoms with van der Waals surface area (Å²) in [5.41, 5.74) is 4.50. The summed E-state index contributed by atoms with van der Waals surface area (Å²) >= 11 is 4.96. The number of hydrogen-bond donors (Lipinski definition) is 1. The second-order valence-corrected chi connectivity index (χ2v) is 6.85. The molecule has 132 valence electrons. The van der Waals surface area contributed by atoms with Gasteiger partial charge in [0.05, 0.1) is 30.7 Å². The molecule has 0 fully saturated rings. The molecular formula is C18H19BrN2O3S. The minimum absolute atomic E-state index is 0.142. The van der Waals surface area contributed by atoms with E-state index in [1.54, 1.807) is 38.3 Å². The van der Waals surface area contributed by atoms with Gasteiger partial charge < -0.3 is 9.47 Å². The van der Waals surface area contributed by atoms with Crippen LogP contribution in [0.25, 0.3) is 0 Å². The van der Waals surface area contributed by atoms with Crippen molar-refractivity contribution in [2.24, 2.45) is 5.10 Å². The Balaban J connectivity index is 1.84. The van der Waals surface area contributed by atoms with Crippen LogP contribution in [0.5, 0.6) is 11.5 Å². The Morgan fingerprint density at radius 1 is 1.24 bits per heavy atom. The van der Waals surface area contributed by atoms with Gasteiger partial charge in [0.25, 0.3) is 0 Å². The summed E-state index contributed by atoms with van der Waals surface area (Å²) in [7, 11) is 3.14. The van der Waals surface area contributed by atoms with E-state index in [1.165, 1.54) is 5.56 Å². The first-order chi connectivity index (χ1) is 12.1. The maximum absolute atomic E-state index is 11.8. The zero-order chi connectivity index (χ0) is 18.1. The number of nitrogens with one attached hydrogen (secondary N) is 1. The summed E-state index contributed by atoms with van der Waals surface area (Å²) in [4.78, 5) is 11.8. The van der Waals surface area contributed by atoms with Gasteiger partial charge in [-0.3, -0.25) is 4.79 Å². The first-order valence-corrected chi connectivity index (χ1v) is 9.44. The molecule has 2 rings (SSSR count). The molecule has 0 radical (unpaired) electrons. The van der Waals surface area contributed by atoms with Gasteiger partial charge in [0.15, 0.2) is 11.5 Å². The number of amides is 1. The second-order valence-electron chi connectivity index (χ2n) is 5.01. The number of hydrazone groups is 1. The van der Waals surface area contributed by atoms with E-state index in [2.05, 4.69) is 26.5 Å². The maximum Gasteiger partial charge on any atom is 0.250 e. The molecule has 0 spiro atoms. The molecule has 0 atom stereocenters. The van der Waals surface area contributed by atoms with Crippen LogP contribution >= 0.6 is 27.7 Å². The van der Waals surface area contributed by atoms with E-state index in [9.17, 15) is 4.79 Å². The van der Waals surface area contributed by atoms with Crippen LogP contribution in [0.4, 0.5) is 0 Å². The minimum atomic E-state index is -0.142. The predicted octanol–water partition coefficient (Wildman–Crippen LogP) is 3.85. The van der Waals surface area contributed by atoms with E-state index in [-0.39, 0.29) is 5.91 Å². The fourth-order valence-corrected chi connectivity index (χ4v) is 3.46. The van der Waals surface area contributed by atoms with Crippen LogP contribution < -0.4 is 14.9 Å². The molecule has 0 aliphatic carbocycles. The van der Waals surface area contributed by atoms with Crippen LogP contribution in [0.15, 0.2) is 52.0 Å². The van der Waals surface area contributed by atoms with Crippen LogP contribution in [-0.2, 0) is 10.5 Å². The summed E-state index contributed by atoms with van der Waals surface area (Å²) < 4.78 is 11.3. The van der Waals surface area contributed by atoms with Gasteiger partial charge in [-0.15, -0.1) is 11.8 Å². The number of methoxy groups -OCH3 is 2. The lowest BCUT2D eigenvalue weighted by Gasteiger charge is -2.10. The van der Waals surface area contributed by atoms with Gasteiger partial charge in [-0.25, -0.2) is 5.43 Å². The molecule has 25 heavy (non-hydrogen) atoms. The quantitative estimate of drug-likeness (QED) is 0.518. The molecule has 1 N–H and O–H groups in total. The van der Waals surface area contributed by atoms with Crippen molar-refractivity contribution in [3.8, 4) is 11.5 Å². The molecule has 0 aromatic heterocycles. The lowest BCUT2D eigenvalue weighted by atomic mass is 10.2. The molecule has 0 saturated carbocycles. The number of rotatable bonds is 8. The number of carbonyl (C=O) groups excluding carboxylic acids is 1. The number of ether oxygens (including phenoxy) is 2. The standard InChI is InChI=1S/C18H19BrN2O3S/c1-23-16-9-14(8-15(19)18(16)24-2)10-20-21-17(22)12-25-11-13-6-4-3-5-7-13/h3-10H,11-12H2,1-2H3,(H,21,22)/b20-10-. The number of thioether (sulfide) groups is 1. The van der Waals surface area contributed by atoms with Crippen molar-refractivity contribution in [3.05, 3.63) is 58.1 Å². The largest absolute Gasteiger partial charge is 0.493 e. The number of carbonyl (C=O) groups is 1. The Bertz CT molecular complexity index is 739. The fraction of sp³-hybridized carbons (Fsp3) is 0.222. The van der Waals surface area contributed by atoms with Gasteiger partial charge in [-0.05, 0) is 39.2 Å². The van der Waals surface area contributed by atoms with E-state index in [4.69, 9.17) is 9.47 Å². The maximum atomic E-state index is 11.8. The number of benzene rings is 2. The van der Waals surface area contributed by atoms with Crippen molar-refractivity contribution in [2.75, 3.05) is 20.0 Å². The third-order valence-electron chi connectivity index (χ3n) is 3.20. The molecule has 0 bridgehead atoms. The summed E-state index contributed by atoms with van der Waals surface area (Å²) in [5.74, 6) is 2.20. The monoisotopic (exact) mass is 422 g/mol. The van der Waals surface area contributed by atoms with Crippen LogP contribution in [-0.4, -0.2) is 32.1 Å². The normalized spacial score (nSPS) is 10.7. The fourth-order valence-electron chi connectivity index (χ4n) is 2.06. The Morgan fingerprint density at radius 2 is 2.00 bits per heavy atom. The molecule has 0 saturated heterocycles. The van der Waals surface area contributed by atoms with Crippen LogP contribution in [0.3, 0.4) is 0 Å². The highest BCUT2D eigenvalue weighted by Crippen LogP contribution is 2.35. The van der Waals surface area contributed by atoms with E-state index >= 15 is 0 Å². The van der Waals surface area contributed by atoms with Gasteiger partial charge in [-0.1, -0.05) is 30.3 Å². The van der Waals surface area contributed by atoms with Gasteiger partial charge in [0, 0.05) is 5.75 Å². The first kappa shape index (κ1) is 19.3. The summed E-state index contributed by atoms with van der Waals surface area (Å²) in [6, 6.07) is 13.6. The van der Waals surface area contributed by atoms with Gasteiger partial charge >= 0.3 is 0 Å². The lowest BCUT2D eigenvalue weighted by molar-refractivity contribution is -0.118. The van der Waals surface area contributed by atoms with E-state index < -0.39 is 0 Å². The molecule has 2 aromatic rings. The molecular weight excluding hydrogens is 404 g/mol. The van der Waals surface area contributed by atoms with Crippen LogP contribution in [0, 0.1) is 0 Å². The molecule has 0 aliphatic rings. The first-order valence-electron chi connectivity index (χ1n) is 7.49. The SMILES string of the molecule is COc1cc(/C=N\NC(=O)CSCc2ccccc2)cc(Br)c1OC. The van der Waals surface area contributed by atoms with Crippen LogP contribution in [0.2, 0.25) is 0 Å². The van der Waals surface area contributed by atoms with Gasteiger partial charge in [0.2, 0.25) is 5.91 Å². The Morgan fingerprint density at radius 3 is 2.68 bits per heavy atom. The molecule has 7 heteroatoms. The third-order valence-corrected chi connectivity index (χ3v) is 4.80. The highest BCUT2D eigenvalue weighted by atomic mass is 79.9. The number of hydrogen-bond acceptors (Lipinski definition) is 5. The van der Waals surface area contributed by atoms with Crippen LogP contribution in [0.1, 0.15) is 11.1 Å². The molecule has 5 nitrogen and oxygen atoms in total. The van der Waals surface area contributed by atoms with Gasteiger partial charge in [-0.2, -0.15) is 5.10 Å². The predicted molar refractivity (Wildman–Crippen MR) is 106 cm³/mol. The highest BCUT2D eigenvalue weighted by molar-refractivity contribution is 9.10. The lowest BCUT2D eigenvalue weighted by Crippen LogP contribution is -2.19. The van der Waals surface area contributed by atoms with Crippen molar-refractivity contribution in [1.82, 2.24) is 5.43 Å². The molecule has 1 amide bonds. The average Bonchev–Trinajstić information content (AvgIpc) is 2.62. The zero-order valence-electron chi connectivity index (χ0n) is 14.0. The summed E-state index contributed by atoms with van der Waals surface area (Å²) in [6.45, 7) is 0. The second kappa shape index (κ2) is 10.1. The van der Waals surface area contributed by atoms with Crippen molar-refractivity contribution in [3.63, 3.8) is 0 Å². The Labute approximate surface area is 159 Å². The van der Waals surface area contributed by atoms with Crippen molar-refractivity contribution >= 4 is 39.8 Å². The zero-order valence-corrected chi connectivity index (χ0v) is 16.4. The molecule has 0 heterocycles. The molecule has 0 unspecified atom stereocenters. The Kier molecular flexibility index (Phi) is 7.81. The molecule has 0 aliphatic heterocycles. The third kappa shape index (κ3) is 6.10.